The normalized spacial score (nSPS) is 11.0. The van der Waals surface area contributed by atoms with Crippen LogP contribution in [0.2, 0.25) is 0 Å². The second-order valence-electron chi connectivity index (χ2n) is 9.87. The number of rotatable bonds is 3. The van der Waals surface area contributed by atoms with Crippen LogP contribution in [0.5, 0.6) is 0 Å². The number of aromatic nitrogens is 3. The van der Waals surface area contributed by atoms with Gasteiger partial charge in [-0.05, 0) is 47.0 Å². The van der Waals surface area contributed by atoms with Crippen molar-refractivity contribution in [2.24, 2.45) is 0 Å². The fourth-order valence-electron chi connectivity index (χ4n) is 5.41. The third-order valence-corrected chi connectivity index (χ3v) is 8.04. The molecule has 0 aliphatic rings. The summed E-state index contributed by atoms with van der Waals surface area (Å²) in [5.41, 5.74) is 2.83. The maximum absolute atomic E-state index is 15.1. The fourth-order valence-corrected chi connectivity index (χ4v) is 5.96. The van der Waals surface area contributed by atoms with E-state index in [0.717, 1.165) is 44.5 Å². The van der Waals surface area contributed by atoms with Crippen LogP contribution in [-0.2, 0) is 0 Å². The summed E-state index contributed by atoms with van der Waals surface area (Å²) in [6, 6.07) is 27.9. The van der Waals surface area contributed by atoms with Gasteiger partial charge in [-0.25, -0.2) is 18.2 Å². The highest BCUT2D eigenvalue weighted by atomic mass is 32.1. The van der Waals surface area contributed by atoms with Crippen molar-refractivity contribution in [2.45, 2.75) is 0 Å². The summed E-state index contributed by atoms with van der Waals surface area (Å²) in [6.07, 6.45) is 0. The minimum Gasteiger partial charge on any atom is -0.247 e. The Labute approximate surface area is 251 Å². The van der Waals surface area contributed by atoms with Crippen LogP contribution < -0.4 is 0 Å². The van der Waals surface area contributed by atoms with Gasteiger partial charge in [-0.1, -0.05) is 48.5 Å². The molecule has 0 spiro atoms. The largest absolute Gasteiger partial charge is 0.247 e. The van der Waals surface area contributed by atoms with Crippen molar-refractivity contribution in [3.63, 3.8) is 0 Å². The molecule has 7 aromatic rings. The van der Waals surface area contributed by atoms with Crippen molar-refractivity contribution >= 4 is 44.4 Å². The zero-order chi connectivity index (χ0) is 30.5. The molecule has 0 aliphatic heterocycles. The van der Waals surface area contributed by atoms with Gasteiger partial charge in [-0.2, -0.15) is 24.5 Å². The van der Waals surface area contributed by atoms with E-state index in [-0.39, 0.29) is 5.56 Å². The van der Waals surface area contributed by atoms with Gasteiger partial charge in [-0.3, -0.25) is 0 Å². The van der Waals surface area contributed by atoms with Crippen LogP contribution >= 0.6 is 11.7 Å². The Morgan fingerprint density at radius 3 is 1.95 bits per heavy atom. The lowest BCUT2D eigenvalue weighted by atomic mass is 9.94. The molecule has 2 heterocycles. The molecule has 7 rings (SSSR count). The second-order valence-corrected chi connectivity index (χ2v) is 10.4. The molecule has 206 valence electrons. The van der Waals surface area contributed by atoms with Crippen LogP contribution in [0.3, 0.4) is 0 Å². The van der Waals surface area contributed by atoms with Crippen LogP contribution in [0.15, 0.2) is 78.9 Å². The van der Waals surface area contributed by atoms with Crippen LogP contribution in [0.1, 0.15) is 16.7 Å². The van der Waals surface area contributed by atoms with Crippen molar-refractivity contribution in [1.82, 2.24) is 13.7 Å². The summed E-state index contributed by atoms with van der Waals surface area (Å²) < 4.78 is 53.5. The van der Waals surface area contributed by atoms with Gasteiger partial charge in [0.25, 0.3) is 0 Å². The summed E-state index contributed by atoms with van der Waals surface area (Å²) in [5, 5.41) is 30.3. The SMILES string of the molecule is N#Cc1cccc(-c2ccc3c(c2)nc(-c2ccc(-c4c(F)c(C#N)c(F)c(C#N)c4F)cc2)c2ccc4nsnc4c23)c1. The summed E-state index contributed by atoms with van der Waals surface area (Å²) in [6.45, 7) is 0. The highest BCUT2D eigenvalue weighted by Gasteiger charge is 2.26. The molecule has 0 aliphatic carbocycles. The number of pyridine rings is 1. The highest BCUT2D eigenvalue weighted by molar-refractivity contribution is 7.00. The van der Waals surface area contributed by atoms with E-state index in [4.69, 9.17) is 4.98 Å². The lowest BCUT2D eigenvalue weighted by Gasteiger charge is -2.13. The van der Waals surface area contributed by atoms with E-state index in [1.54, 1.807) is 24.3 Å². The highest BCUT2D eigenvalue weighted by Crippen LogP contribution is 2.39. The Bertz CT molecular complexity index is 2430. The number of fused-ring (bicyclic) bond motifs is 5. The van der Waals surface area contributed by atoms with E-state index in [1.165, 1.54) is 24.3 Å². The molecule has 10 heteroatoms. The van der Waals surface area contributed by atoms with Gasteiger partial charge < -0.3 is 0 Å². The van der Waals surface area contributed by atoms with E-state index in [0.29, 0.717) is 27.9 Å². The smallest absolute Gasteiger partial charge is 0.164 e. The average Bonchev–Trinajstić information content (AvgIpc) is 3.54. The Hall–Kier alpha value is -6.15. The molecule has 2 aromatic heterocycles. The maximum atomic E-state index is 15.1. The van der Waals surface area contributed by atoms with Crippen LogP contribution in [0, 0.1) is 51.4 Å². The molecule has 0 N–H and O–H groups in total. The van der Waals surface area contributed by atoms with Crippen LogP contribution in [-0.4, -0.2) is 13.7 Å². The van der Waals surface area contributed by atoms with Gasteiger partial charge >= 0.3 is 0 Å². The van der Waals surface area contributed by atoms with E-state index < -0.39 is 34.1 Å². The van der Waals surface area contributed by atoms with Gasteiger partial charge in [0.05, 0.1) is 40.1 Å². The van der Waals surface area contributed by atoms with Crippen molar-refractivity contribution < 1.29 is 13.2 Å². The number of hydrogen-bond donors (Lipinski definition) is 0. The molecular weight excluding hydrogens is 581 g/mol. The maximum Gasteiger partial charge on any atom is 0.164 e. The van der Waals surface area contributed by atoms with Gasteiger partial charge in [0, 0.05) is 21.7 Å². The van der Waals surface area contributed by atoms with Gasteiger partial charge in [-0.15, -0.1) is 0 Å². The minimum absolute atomic E-state index is 0.0209. The average molecular weight is 595 g/mol. The third-order valence-electron chi connectivity index (χ3n) is 7.49. The number of nitriles is 3. The first-order chi connectivity index (χ1) is 21.4. The van der Waals surface area contributed by atoms with Crippen molar-refractivity contribution in [3.8, 4) is 51.7 Å². The molecule has 0 radical (unpaired) electrons. The third kappa shape index (κ3) is 4.04. The van der Waals surface area contributed by atoms with Crippen LogP contribution in [0.25, 0.3) is 66.2 Å². The fraction of sp³-hybridized carbons (Fsp3) is 0. The summed E-state index contributed by atoms with van der Waals surface area (Å²) in [4.78, 5) is 5.00. The number of nitrogens with zero attached hydrogens (tertiary/aromatic N) is 6. The number of hydrogen-bond acceptors (Lipinski definition) is 7. The van der Waals surface area contributed by atoms with Crippen LogP contribution in [0.4, 0.5) is 13.2 Å². The van der Waals surface area contributed by atoms with Crippen molar-refractivity contribution in [3.05, 3.63) is 113 Å². The molecule has 0 saturated carbocycles. The predicted octanol–water partition coefficient (Wildman–Crippen LogP) is 8.43. The molecular formula is C34H13F3N6S. The lowest BCUT2D eigenvalue weighted by molar-refractivity contribution is 0.539. The van der Waals surface area contributed by atoms with Crippen molar-refractivity contribution in [1.29, 1.82) is 15.8 Å². The summed E-state index contributed by atoms with van der Waals surface area (Å²) >= 11 is 1.10. The zero-order valence-electron chi connectivity index (χ0n) is 22.2. The molecule has 0 bridgehead atoms. The topological polar surface area (TPSA) is 110 Å². The molecule has 6 nitrogen and oxygen atoms in total. The first-order valence-electron chi connectivity index (χ1n) is 13.0. The minimum atomic E-state index is -1.53. The van der Waals surface area contributed by atoms with Gasteiger partial charge in [0.2, 0.25) is 0 Å². The van der Waals surface area contributed by atoms with E-state index in [1.807, 2.05) is 42.5 Å². The predicted molar refractivity (Wildman–Crippen MR) is 161 cm³/mol. The Balaban J connectivity index is 1.45. The van der Waals surface area contributed by atoms with E-state index in [2.05, 4.69) is 14.8 Å². The zero-order valence-corrected chi connectivity index (χ0v) is 23.0. The first-order valence-corrected chi connectivity index (χ1v) is 13.8. The molecule has 0 saturated heterocycles. The standard InChI is InChI=1S/C34H13F3N6S/c35-30-24(15-39)31(36)28(32(37)25(30)16-40)18-4-6-19(7-5-18)33-23-10-11-26-34(43-44-42-26)29(23)22-9-8-21(13-27(22)41-33)20-3-1-2-17(12-20)14-38/h1-13H. The molecule has 0 unspecified atom stereocenters. The molecule has 0 fully saturated rings. The number of benzene rings is 5. The quantitative estimate of drug-likeness (QED) is 0.190. The van der Waals surface area contributed by atoms with Gasteiger partial charge in [0.1, 0.15) is 34.3 Å². The van der Waals surface area contributed by atoms with E-state index in [9.17, 15) is 20.2 Å². The molecule has 0 amide bonds. The van der Waals surface area contributed by atoms with Crippen molar-refractivity contribution in [2.75, 3.05) is 0 Å². The molecule has 0 atom stereocenters. The second kappa shape index (κ2) is 10.3. The summed E-state index contributed by atoms with van der Waals surface area (Å²) in [7, 11) is 0. The monoisotopic (exact) mass is 594 g/mol. The first kappa shape index (κ1) is 26.7. The Morgan fingerprint density at radius 2 is 1.25 bits per heavy atom. The molecule has 5 aromatic carbocycles. The lowest BCUT2D eigenvalue weighted by Crippen LogP contribution is -2.03. The molecule has 44 heavy (non-hydrogen) atoms. The van der Waals surface area contributed by atoms with Gasteiger partial charge in [0.15, 0.2) is 17.5 Å². The Morgan fingerprint density at radius 1 is 0.591 bits per heavy atom. The summed E-state index contributed by atoms with van der Waals surface area (Å²) in [5.74, 6) is -4.29. The number of halogens is 3. The van der Waals surface area contributed by atoms with E-state index >= 15 is 8.78 Å². The Kier molecular flexibility index (Phi) is 6.25.